The van der Waals surface area contributed by atoms with E-state index in [1.54, 1.807) is 4.68 Å². The lowest BCUT2D eigenvalue weighted by Crippen LogP contribution is -2.26. The second kappa shape index (κ2) is 4.15. The molecule has 90 valence electrons. The van der Waals surface area contributed by atoms with Crippen LogP contribution in [-0.2, 0) is 4.74 Å². The summed E-state index contributed by atoms with van der Waals surface area (Å²) in [6.45, 7) is 9.33. The lowest BCUT2D eigenvalue weighted by molar-refractivity contribution is 0.00543. The lowest BCUT2D eigenvalue weighted by atomic mass is 10.2. The molecule has 0 spiro atoms. The minimum Gasteiger partial charge on any atom is -0.455 e. The zero-order valence-corrected chi connectivity index (χ0v) is 10.4. The first-order valence-electron chi connectivity index (χ1n) is 5.29. The van der Waals surface area contributed by atoms with Crippen molar-refractivity contribution in [3.8, 4) is 0 Å². The summed E-state index contributed by atoms with van der Waals surface area (Å²) in [5.74, 6) is -0.0695. The van der Waals surface area contributed by atoms with Crippen molar-refractivity contribution in [2.24, 2.45) is 0 Å². The van der Waals surface area contributed by atoms with Crippen LogP contribution in [0.25, 0.3) is 0 Å². The van der Waals surface area contributed by atoms with Crippen LogP contribution < -0.4 is 5.73 Å². The van der Waals surface area contributed by atoms with Gasteiger partial charge in [-0.05, 0) is 34.6 Å². The molecular formula is C11H19N3O2. The van der Waals surface area contributed by atoms with Crippen molar-refractivity contribution < 1.29 is 9.53 Å². The van der Waals surface area contributed by atoms with Crippen LogP contribution in [0, 0.1) is 0 Å². The molecule has 0 saturated carbocycles. The molecule has 5 nitrogen and oxygen atoms in total. The maximum atomic E-state index is 11.9. The number of anilines is 1. The summed E-state index contributed by atoms with van der Waals surface area (Å²) >= 11 is 0. The summed E-state index contributed by atoms with van der Waals surface area (Å²) in [5, 5.41) is 4.05. The Hall–Kier alpha value is -1.52. The Morgan fingerprint density at radius 1 is 1.50 bits per heavy atom. The third kappa shape index (κ3) is 2.98. The Balaban J connectivity index is 2.99. The van der Waals surface area contributed by atoms with E-state index in [2.05, 4.69) is 5.10 Å². The largest absolute Gasteiger partial charge is 0.455 e. The Kier molecular flexibility index (Phi) is 3.26. The average Bonchev–Trinajstić information content (AvgIpc) is 2.44. The molecule has 1 aromatic rings. The molecule has 0 bridgehead atoms. The second-order valence-electron chi connectivity index (χ2n) is 4.99. The summed E-state index contributed by atoms with van der Waals surface area (Å²) in [6.07, 6.45) is 0. The minimum atomic E-state index is -0.516. The fourth-order valence-electron chi connectivity index (χ4n) is 1.29. The van der Waals surface area contributed by atoms with E-state index in [-0.39, 0.29) is 6.04 Å². The highest BCUT2D eigenvalue weighted by molar-refractivity contribution is 5.88. The summed E-state index contributed by atoms with van der Waals surface area (Å²) in [5.41, 5.74) is 5.45. The van der Waals surface area contributed by atoms with Gasteiger partial charge in [-0.15, -0.1) is 0 Å². The van der Waals surface area contributed by atoms with Crippen LogP contribution in [0.5, 0.6) is 0 Å². The third-order valence-electron chi connectivity index (χ3n) is 1.85. The van der Waals surface area contributed by atoms with E-state index >= 15 is 0 Å². The number of hydrogen-bond acceptors (Lipinski definition) is 4. The zero-order valence-electron chi connectivity index (χ0n) is 10.4. The Labute approximate surface area is 95.6 Å². The number of esters is 1. The van der Waals surface area contributed by atoms with Crippen molar-refractivity contribution in [1.29, 1.82) is 0 Å². The molecule has 16 heavy (non-hydrogen) atoms. The molecule has 0 saturated heterocycles. The molecule has 1 aromatic heterocycles. The van der Waals surface area contributed by atoms with Gasteiger partial charge in [-0.25, -0.2) is 4.79 Å². The number of nitrogens with zero attached hydrogens (tertiary/aromatic N) is 2. The number of carbonyl (C=O) groups excluding carboxylic acids is 1. The Morgan fingerprint density at radius 2 is 2.06 bits per heavy atom. The van der Waals surface area contributed by atoms with Crippen molar-refractivity contribution in [1.82, 2.24) is 9.78 Å². The van der Waals surface area contributed by atoms with Gasteiger partial charge in [-0.2, -0.15) is 5.10 Å². The van der Waals surface area contributed by atoms with Crippen molar-refractivity contribution in [2.45, 2.75) is 46.3 Å². The molecule has 0 aliphatic rings. The number of ether oxygens (including phenoxy) is 1. The molecule has 1 heterocycles. The highest BCUT2D eigenvalue weighted by Gasteiger charge is 2.22. The monoisotopic (exact) mass is 225 g/mol. The van der Waals surface area contributed by atoms with Crippen LogP contribution in [0.3, 0.4) is 0 Å². The molecule has 1 rings (SSSR count). The lowest BCUT2D eigenvalue weighted by Gasteiger charge is -2.20. The highest BCUT2D eigenvalue weighted by atomic mass is 16.6. The van der Waals surface area contributed by atoms with Crippen LogP contribution in [0.1, 0.15) is 51.1 Å². The van der Waals surface area contributed by atoms with E-state index in [0.717, 1.165) is 0 Å². The molecule has 0 unspecified atom stereocenters. The molecule has 0 aromatic carbocycles. The first-order valence-corrected chi connectivity index (χ1v) is 5.29. The predicted octanol–water partition coefficient (Wildman–Crippen LogP) is 2.00. The van der Waals surface area contributed by atoms with Crippen LogP contribution in [0.15, 0.2) is 6.07 Å². The van der Waals surface area contributed by atoms with Crippen LogP contribution >= 0.6 is 0 Å². The molecular weight excluding hydrogens is 206 g/mol. The van der Waals surface area contributed by atoms with Crippen molar-refractivity contribution in [3.05, 3.63) is 11.8 Å². The van der Waals surface area contributed by atoms with Gasteiger partial charge in [0.25, 0.3) is 0 Å². The van der Waals surface area contributed by atoms with Crippen LogP contribution in [0.4, 0.5) is 5.82 Å². The predicted molar refractivity (Wildman–Crippen MR) is 62.2 cm³/mol. The number of hydrogen-bond donors (Lipinski definition) is 1. The fraction of sp³-hybridized carbons (Fsp3) is 0.636. The smallest absolute Gasteiger partial charge is 0.357 e. The van der Waals surface area contributed by atoms with Gasteiger partial charge in [0, 0.05) is 12.1 Å². The van der Waals surface area contributed by atoms with E-state index in [4.69, 9.17) is 10.5 Å². The van der Waals surface area contributed by atoms with Gasteiger partial charge in [-0.3, -0.25) is 4.68 Å². The molecule has 0 aliphatic carbocycles. The SMILES string of the molecule is CC(C)n1nc(N)cc1C(=O)OC(C)(C)C. The highest BCUT2D eigenvalue weighted by Crippen LogP contribution is 2.17. The van der Waals surface area contributed by atoms with Gasteiger partial charge >= 0.3 is 5.97 Å². The normalized spacial score (nSPS) is 11.9. The van der Waals surface area contributed by atoms with Crippen molar-refractivity contribution >= 4 is 11.8 Å². The van der Waals surface area contributed by atoms with Crippen molar-refractivity contribution in [3.63, 3.8) is 0 Å². The molecule has 2 N–H and O–H groups in total. The number of nitrogens with two attached hydrogens (primary N) is 1. The van der Waals surface area contributed by atoms with E-state index in [9.17, 15) is 4.79 Å². The molecule has 0 amide bonds. The molecule has 0 fully saturated rings. The zero-order chi connectivity index (χ0) is 12.5. The van der Waals surface area contributed by atoms with Gasteiger partial charge in [0.15, 0.2) is 0 Å². The number of aromatic nitrogens is 2. The summed E-state index contributed by atoms with van der Waals surface area (Å²) in [6, 6.07) is 1.61. The summed E-state index contributed by atoms with van der Waals surface area (Å²) < 4.78 is 6.85. The van der Waals surface area contributed by atoms with Gasteiger partial charge in [0.05, 0.1) is 0 Å². The maximum Gasteiger partial charge on any atom is 0.357 e. The minimum absolute atomic E-state index is 0.0693. The Bertz CT molecular complexity index is 388. The topological polar surface area (TPSA) is 70.1 Å². The molecule has 5 heteroatoms. The quantitative estimate of drug-likeness (QED) is 0.781. The van der Waals surface area contributed by atoms with E-state index in [1.807, 2.05) is 34.6 Å². The summed E-state index contributed by atoms with van der Waals surface area (Å²) in [4.78, 5) is 11.9. The van der Waals surface area contributed by atoms with Gasteiger partial charge in [0.1, 0.15) is 17.1 Å². The van der Waals surface area contributed by atoms with Crippen LogP contribution in [0.2, 0.25) is 0 Å². The standard InChI is InChI=1S/C11H19N3O2/c1-7(2)14-8(6-9(12)13-14)10(15)16-11(3,4)5/h6-7H,1-5H3,(H2,12,13). The van der Waals surface area contributed by atoms with E-state index in [0.29, 0.717) is 11.5 Å². The molecule has 0 atom stereocenters. The average molecular weight is 225 g/mol. The summed E-state index contributed by atoms with van der Waals surface area (Å²) in [7, 11) is 0. The number of carbonyl (C=O) groups is 1. The molecule has 0 aliphatic heterocycles. The third-order valence-corrected chi connectivity index (χ3v) is 1.85. The first-order chi connectivity index (χ1) is 7.20. The second-order valence-corrected chi connectivity index (χ2v) is 4.99. The van der Waals surface area contributed by atoms with Gasteiger partial charge in [0.2, 0.25) is 0 Å². The Morgan fingerprint density at radius 3 is 2.50 bits per heavy atom. The van der Waals surface area contributed by atoms with Gasteiger partial charge < -0.3 is 10.5 Å². The number of nitrogen functional groups attached to an aromatic ring is 1. The maximum absolute atomic E-state index is 11.9. The first kappa shape index (κ1) is 12.5. The van der Waals surface area contributed by atoms with Crippen molar-refractivity contribution in [2.75, 3.05) is 5.73 Å². The van der Waals surface area contributed by atoms with Crippen LogP contribution in [-0.4, -0.2) is 21.4 Å². The van der Waals surface area contributed by atoms with E-state index in [1.165, 1.54) is 6.07 Å². The van der Waals surface area contributed by atoms with Gasteiger partial charge in [-0.1, -0.05) is 0 Å². The fourth-order valence-corrected chi connectivity index (χ4v) is 1.29. The molecule has 0 radical (unpaired) electrons. The van der Waals surface area contributed by atoms with E-state index < -0.39 is 11.6 Å². The number of rotatable bonds is 2.